The Kier molecular flexibility index (Phi) is 3.94. The summed E-state index contributed by atoms with van der Waals surface area (Å²) in [7, 11) is 0. The van der Waals surface area contributed by atoms with Crippen molar-refractivity contribution in [3.05, 3.63) is 57.1 Å². The van der Waals surface area contributed by atoms with Gasteiger partial charge in [0.05, 0.1) is 11.3 Å². The Morgan fingerprint density at radius 2 is 2.12 bits per heavy atom. The zero-order chi connectivity index (χ0) is 16.7. The van der Waals surface area contributed by atoms with Crippen molar-refractivity contribution in [2.24, 2.45) is 0 Å². The summed E-state index contributed by atoms with van der Waals surface area (Å²) in [6, 6.07) is 8.39. The third-order valence-electron chi connectivity index (χ3n) is 4.73. The van der Waals surface area contributed by atoms with Gasteiger partial charge in [-0.15, -0.1) is 0 Å². The van der Waals surface area contributed by atoms with Crippen molar-refractivity contribution in [3.63, 3.8) is 0 Å². The molecule has 2 aromatic heterocycles. The van der Waals surface area contributed by atoms with Crippen LogP contribution in [0.1, 0.15) is 22.5 Å². The molecular weight excluding hydrogens is 320 g/mol. The van der Waals surface area contributed by atoms with E-state index in [1.165, 1.54) is 33.9 Å². The smallest absolute Gasteiger partial charge is 0.256 e. The minimum atomic E-state index is 0.00435. The largest absolute Gasteiger partial charge is 0.358 e. The number of thioether (sulfide) groups is 1. The van der Waals surface area contributed by atoms with Gasteiger partial charge in [-0.25, -0.2) is 4.98 Å². The van der Waals surface area contributed by atoms with Crippen LogP contribution in [-0.4, -0.2) is 32.7 Å². The van der Waals surface area contributed by atoms with Gasteiger partial charge in [0.25, 0.3) is 5.56 Å². The van der Waals surface area contributed by atoms with E-state index in [2.05, 4.69) is 45.0 Å². The number of rotatable bonds is 3. The third kappa shape index (κ3) is 2.65. The lowest BCUT2D eigenvalue weighted by Crippen LogP contribution is -2.35. The van der Waals surface area contributed by atoms with Gasteiger partial charge in [0.2, 0.25) is 0 Å². The Labute approximate surface area is 144 Å². The van der Waals surface area contributed by atoms with Crippen molar-refractivity contribution < 1.29 is 0 Å². The maximum atomic E-state index is 12.3. The Bertz CT molecular complexity index is 959. The number of hydrogen-bond acceptors (Lipinski definition) is 4. The third-order valence-corrected chi connectivity index (χ3v) is 5.31. The molecule has 24 heavy (non-hydrogen) atoms. The summed E-state index contributed by atoms with van der Waals surface area (Å²) in [5.74, 6) is 0. The second-order valence-corrected chi connectivity index (χ2v) is 7.03. The van der Waals surface area contributed by atoms with Crippen molar-refractivity contribution in [1.82, 2.24) is 19.9 Å². The number of fused-ring (bicyclic) bond motifs is 2. The van der Waals surface area contributed by atoms with E-state index in [4.69, 9.17) is 0 Å². The van der Waals surface area contributed by atoms with E-state index in [-0.39, 0.29) is 5.56 Å². The van der Waals surface area contributed by atoms with Gasteiger partial charge in [-0.2, -0.15) is 0 Å². The highest BCUT2D eigenvalue weighted by molar-refractivity contribution is 7.98. The number of nitrogens with zero attached hydrogens (tertiary/aromatic N) is 2. The quantitative estimate of drug-likeness (QED) is 0.568. The van der Waals surface area contributed by atoms with Crippen LogP contribution in [0.5, 0.6) is 0 Å². The second kappa shape index (κ2) is 6.11. The molecule has 0 aliphatic carbocycles. The van der Waals surface area contributed by atoms with Crippen molar-refractivity contribution in [3.8, 4) is 0 Å². The van der Waals surface area contributed by atoms with E-state index in [1.54, 1.807) is 0 Å². The SMILES string of the molecule is CSc1nc2c(c(=O)[nH]1)CN(Cc1c(C)[nH]c3ccccc13)CC2. The Morgan fingerprint density at radius 3 is 2.96 bits per heavy atom. The van der Waals surface area contributed by atoms with Gasteiger partial charge in [0, 0.05) is 42.7 Å². The van der Waals surface area contributed by atoms with Gasteiger partial charge in [-0.05, 0) is 24.8 Å². The Hall–Kier alpha value is -2.05. The number of benzene rings is 1. The maximum Gasteiger partial charge on any atom is 0.256 e. The molecule has 2 N–H and O–H groups in total. The van der Waals surface area contributed by atoms with Crippen LogP contribution in [-0.2, 0) is 19.5 Å². The van der Waals surface area contributed by atoms with E-state index in [0.29, 0.717) is 11.7 Å². The summed E-state index contributed by atoms with van der Waals surface area (Å²) < 4.78 is 0. The lowest BCUT2D eigenvalue weighted by molar-refractivity contribution is 0.241. The summed E-state index contributed by atoms with van der Waals surface area (Å²) in [4.78, 5) is 25.6. The Morgan fingerprint density at radius 1 is 1.29 bits per heavy atom. The Balaban J connectivity index is 1.63. The van der Waals surface area contributed by atoms with Crippen molar-refractivity contribution in [2.45, 2.75) is 31.6 Å². The van der Waals surface area contributed by atoms with Gasteiger partial charge in [-0.3, -0.25) is 9.69 Å². The van der Waals surface area contributed by atoms with Crippen LogP contribution in [0.4, 0.5) is 0 Å². The molecule has 0 fully saturated rings. The minimum Gasteiger partial charge on any atom is -0.358 e. The number of aryl methyl sites for hydroxylation is 1. The topological polar surface area (TPSA) is 64.8 Å². The van der Waals surface area contributed by atoms with Crippen LogP contribution in [0.25, 0.3) is 10.9 Å². The molecular formula is C18H20N4OS. The maximum absolute atomic E-state index is 12.3. The molecule has 0 radical (unpaired) electrons. The molecule has 0 amide bonds. The molecule has 5 nitrogen and oxygen atoms in total. The zero-order valence-corrected chi connectivity index (χ0v) is 14.7. The van der Waals surface area contributed by atoms with Gasteiger partial charge >= 0.3 is 0 Å². The molecule has 0 atom stereocenters. The first kappa shape index (κ1) is 15.5. The van der Waals surface area contributed by atoms with E-state index >= 15 is 0 Å². The first-order chi connectivity index (χ1) is 11.7. The van der Waals surface area contributed by atoms with Crippen molar-refractivity contribution in [2.75, 3.05) is 12.8 Å². The van der Waals surface area contributed by atoms with Gasteiger partial charge in [0.1, 0.15) is 0 Å². The average Bonchev–Trinajstić information content (AvgIpc) is 2.91. The second-order valence-electron chi connectivity index (χ2n) is 6.24. The summed E-state index contributed by atoms with van der Waals surface area (Å²) in [6.45, 7) is 4.55. The molecule has 3 aromatic rings. The van der Waals surface area contributed by atoms with E-state index in [0.717, 1.165) is 30.8 Å². The van der Waals surface area contributed by atoms with E-state index < -0.39 is 0 Å². The van der Waals surface area contributed by atoms with E-state index in [9.17, 15) is 4.79 Å². The lowest BCUT2D eigenvalue weighted by Gasteiger charge is -2.27. The number of aromatic amines is 2. The number of nitrogens with one attached hydrogen (secondary N) is 2. The molecule has 0 spiro atoms. The van der Waals surface area contributed by atoms with Crippen LogP contribution >= 0.6 is 11.8 Å². The van der Waals surface area contributed by atoms with Crippen molar-refractivity contribution >= 4 is 22.7 Å². The fourth-order valence-electron chi connectivity index (χ4n) is 3.45. The highest BCUT2D eigenvalue weighted by Crippen LogP contribution is 2.25. The van der Waals surface area contributed by atoms with Crippen LogP contribution in [0.3, 0.4) is 0 Å². The predicted octanol–water partition coefficient (Wildman–Crippen LogP) is 2.84. The average molecular weight is 340 g/mol. The van der Waals surface area contributed by atoms with Crippen molar-refractivity contribution in [1.29, 1.82) is 0 Å². The zero-order valence-electron chi connectivity index (χ0n) is 13.8. The summed E-state index contributed by atoms with van der Waals surface area (Å²) in [6.07, 6.45) is 2.76. The van der Waals surface area contributed by atoms with Gasteiger partial charge < -0.3 is 9.97 Å². The molecule has 0 bridgehead atoms. The number of aromatic nitrogens is 3. The molecule has 3 heterocycles. The fraction of sp³-hybridized carbons (Fsp3) is 0.333. The standard InChI is InChI=1S/C18H20N4OS/c1-11-13(12-5-3-4-6-15(12)19-11)9-22-8-7-16-14(10-22)17(23)21-18(20-16)24-2/h3-6,19H,7-10H2,1-2H3,(H,20,21,23). The number of H-pyrrole nitrogens is 2. The van der Waals surface area contributed by atoms with Gasteiger partial charge in [0.15, 0.2) is 5.16 Å². The van der Waals surface area contributed by atoms with Gasteiger partial charge in [-0.1, -0.05) is 30.0 Å². The van der Waals surface area contributed by atoms with Crippen LogP contribution in [0.15, 0.2) is 34.2 Å². The molecule has 4 rings (SSSR count). The number of para-hydroxylation sites is 1. The predicted molar refractivity (Wildman–Crippen MR) is 97.5 cm³/mol. The fourth-order valence-corrected chi connectivity index (χ4v) is 3.85. The molecule has 0 saturated carbocycles. The van der Waals surface area contributed by atoms with E-state index in [1.807, 2.05) is 12.3 Å². The molecule has 1 aromatic carbocycles. The molecule has 6 heteroatoms. The summed E-state index contributed by atoms with van der Waals surface area (Å²) in [5.41, 5.74) is 5.47. The first-order valence-corrected chi connectivity index (χ1v) is 9.33. The number of hydrogen-bond donors (Lipinski definition) is 2. The molecule has 0 saturated heterocycles. The molecule has 1 aliphatic heterocycles. The van der Waals surface area contributed by atoms with Crippen LogP contribution in [0, 0.1) is 6.92 Å². The van der Waals surface area contributed by atoms with Crippen LogP contribution in [0.2, 0.25) is 0 Å². The molecule has 0 unspecified atom stereocenters. The molecule has 1 aliphatic rings. The highest BCUT2D eigenvalue weighted by atomic mass is 32.2. The first-order valence-electron chi connectivity index (χ1n) is 8.10. The highest BCUT2D eigenvalue weighted by Gasteiger charge is 2.22. The lowest BCUT2D eigenvalue weighted by atomic mass is 10.1. The molecule has 124 valence electrons. The summed E-state index contributed by atoms with van der Waals surface area (Å²) in [5, 5.41) is 1.98. The van der Waals surface area contributed by atoms with Crippen LogP contribution < -0.4 is 5.56 Å². The normalized spacial score (nSPS) is 14.9. The monoisotopic (exact) mass is 340 g/mol. The minimum absolute atomic E-state index is 0.00435. The summed E-state index contributed by atoms with van der Waals surface area (Å²) >= 11 is 1.48.